The third-order valence-corrected chi connectivity index (χ3v) is 3.84. The number of amides is 1. The molecule has 6 heteroatoms. The molecular weight excluding hydrogens is 312 g/mol. The number of rotatable bonds is 4. The first-order valence-corrected chi connectivity index (χ1v) is 6.33. The van der Waals surface area contributed by atoms with Gasteiger partial charge in [0.2, 0.25) is 0 Å². The predicted octanol–water partition coefficient (Wildman–Crippen LogP) is 2.53. The zero-order valence-corrected chi connectivity index (χ0v) is 12.8. The van der Waals surface area contributed by atoms with Gasteiger partial charge < -0.3 is 10.2 Å². The van der Waals surface area contributed by atoms with Gasteiger partial charge in [0, 0.05) is 25.0 Å². The van der Waals surface area contributed by atoms with E-state index in [0.29, 0.717) is 0 Å². The second kappa shape index (κ2) is 7.27. The lowest BCUT2D eigenvalue weighted by molar-refractivity contribution is 0.0796. The minimum absolute atomic E-state index is 0. The molecule has 1 aromatic heterocycles. The van der Waals surface area contributed by atoms with Gasteiger partial charge in [-0.05, 0) is 36.0 Å². The van der Waals surface area contributed by atoms with E-state index in [1.807, 2.05) is 27.1 Å². The normalized spacial score (nSPS) is 9.75. The monoisotopic (exact) mass is 326 g/mol. The van der Waals surface area contributed by atoms with Crippen LogP contribution in [-0.2, 0) is 0 Å². The van der Waals surface area contributed by atoms with Gasteiger partial charge in [-0.3, -0.25) is 4.79 Å². The first-order chi connectivity index (χ1) is 7.06. The lowest BCUT2D eigenvalue weighted by atomic mass is 10.3. The van der Waals surface area contributed by atoms with Crippen molar-refractivity contribution in [1.82, 2.24) is 10.2 Å². The Bertz CT molecular complexity index is 357. The van der Waals surface area contributed by atoms with Crippen LogP contribution in [-0.4, -0.2) is 38.0 Å². The zero-order valence-electron chi connectivity index (χ0n) is 9.54. The van der Waals surface area contributed by atoms with Gasteiger partial charge in [0.15, 0.2) is 0 Å². The van der Waals surface area contributed by atoms with E-state index < -0.39 is 0 Å². The molecule has 0 bridgehead atoms. The summed E-state index contributed by atoms with van der Waals surface area (Å²) >= 11 is 5.00. The van der Waals surface area contributed by atoms with Crippen molar-refractivity contribution in [2.45, 2.75) is 6.92 Å². The van der Waals surface area contributed by atoms with Crippen molar-refractivity contribution in [3.8, 4) is 0 Å². The Hall–Kier alpha value is -0.100. The third kappa shape index (κ3) is 4.05. The topological polar surface area (TPSA) is 32.3 Å². The maximum absolute atomic E-state index is 12.0. The van der Waals surface area contributed by atoms with E-state index in [4.69, 9.17) is 0 Å². The van der Waals surface area contributed by atoms with E-state index in [-0.39, 0.29) is 18.3 Å². The molecule has 92 valence electrons. The van der Waals surface area contributed by atoms with Crippen molar-refractivity contribution in [3.63, 3.8) is 0 Å². The molecule has 0 aliphatic rings. The van der Waals surface area contributed by atoms with Crippen LogP contribution in [0.5, 0.6) is 0 Å². The van der Waals surface area contributed by atoms with Gasteiger partial charge in [0.1, 0.15) is 0 Å². The van der Waals surface area contributed by atoms with Gasteiger partial charge in [-0.1, -0.05) is 0 Å². The molecule has 0 aliphatic heterocycles. The van der Waals surface area contributed by atoms with Gasteiger partial charge in [-0.15, -0.1) is 23.7 Å². The molecule has 1 heterocycles. The molecule has 1 aromatic rings. The van der Waals surface area contributed by atoms with Crippen molar-refractivity contribution < 1.29 is 4.79 Å². The third-order valence-electron chi connectivity index (χ3n) is 2.08. The Labute approximate surface area is 115 Å². The Morgan fingerprint density at radius 1 is 1.62 bits per heavy atom. The van der Waals surface area contributed by atoms with Crippen LogP contribution in [0.1, 0.15) is 15.2 Å². The van der Waals surface area contributed by atoms with E-state index >= 15 is 0 Å². The lowest BCUT2D eigenvalue weighted by Gasteiger charge is -2.16. The van der Waals surface area contributed by atoms with Crippen LogP contribution in [0.2, 0.25) is 0 Å². The predicted molar refractivity (Wildman–Crippen MR) is 74.9 cm³/mol. The van der Waals surface area contributed by atoms with E-state index in [1.54, 1.807) is 16.2 Å². The number of aryl methyl sites for hydroxylation is 1. The quantitative estimate of drug-likeness (QED) is 0.921. The van der Waals surface area contributed by atoms with Crippen LogP contribution in [0, 0.1) is 6.92 Å². The van der Waals surface area contributed by atoms with Crippen LogP contribution < -0.4 is 5.32 Å². The average Bonchev–Trinajstić information content (AvgIpc) is 2.53. The number of thiophene rings is 1. The number of carbonyl (C=O) groups excluding carboxylic acids is 1. The Morgan fingerprint density at radius 3 is 2.69 bits per heavy atom. The SMILES string of the molecule is CNCCN(C)C(=O)c1cc(C)sc1Br.Cl. The van der Waals surface area contributed by atoms with Crippen molar-refractivity contribution >= 4 is 45.6 Å². The second-order valence-electron chi connectivity index (χ2n) is 3.37. The lowest BCUT2D eigenvalue weighted by Crippen LogP contribution is -2.32. The van der Waals surface area contributed by atoms with Gasteiger partial charge >= 0.3 is 0 Å². The number of hydrogen-bond donors (Lipinski definition) is 1. The van der Waals surface area contributed by atoms with E-state index in [1.165, 1.54) is 0 Å². The van der Waals surface area contributed by atoms with Crippen LogP contribution in [0.25, 0.3) is 0 Å². The van der Waals surface area contributed by atoms with Crippen molar-refractivity contribution in [2.24, 2.45) is 0 Å². The molecule has 0 aromatic carbocycles. The molecule has 1 amide bonds. The van der Waals surface area contributed by atoms with Gasteiger partial charge in [0.25, 0.3) is 5.91 Å². The summed E-state index contributed by atoms with van der Waals surface area (Å²) < 4.78 is 0.918. The highest BCUT2D eigenvalue weighted by Gasteiger charge is 2.16. The molecule has 0 aliphatic carbocycles. The Kier molecular flexibility index (Phi) is 7.22. The molecule has 0 saturated carbocycles. The van der Waals surface area contributed by atoms with Crippen molar-refractivity contribution in [2.75, 3.05) is 27.2 Å². The summed E-state index contributed by atoms with van der Waals surface area (Å²) in [5.41, 5.74) is 0.760. The molecule has 16 heavy (non-hydrogen) atoms. The van der Waals surface area contributed by atoms with Crippen LogP contribution in [0.3, 0.4) is 0 Å². The highest BCUT2D eigenvalue weighted by Crippen LogP contribution is 2.28. The first-order valence-electron chi connectivity index (χ1n) is 4.72. The molecule has 0 unspecified atom stereocenters. The zero-order chi connectivity index (χ0) is 11.4. The molecule has 3 nitrogen and oxygen atoms in total. The number of nitrogens with zero attached hydrogens (tertiary/aromatic N) is 1. The standard InChI is InChI=1S/C10H15BrN2OS.ClH/c1-7-6-8(9(11)15-7)10(14)13(3)5-4-12-2;/h6,12H,4-5H2,1-3H3;1H. The second-order valence-corrected chi connectivity index (χ2v) is 5.95. The smallest absolute Gasteiger partial charge is 0.255 e. The highest BCUT2D eigenvalue weighted by molar-refractivity contribution is 9.11. The summed E-state index contributed by atoms with van der Waals surface area (Å²) in [5.74, 6) is 0.0708. The molecule has 1 rings (SSSR count). The van der Waals surface area contributed by atoms with Crippen LogP contribution >= 0.6 is 39.7 Å². The Morgan fingerprint density at radius 2 is 2.25 bits per heavy atom. The minimum atomic E-state index is 0. The number of carbonyl (C=O) groups is 1. The van der Waals surface area contributed by atoms with E-state index in [0.717, 1.165) is 27.3 Å². The number of likely N-dealkylation sites (N-methyl/N-ethyl adjacent to an activating group) is 2. The highest BCUT2D eigenvalue weighted by atomic mass is 79.9. The van der Waals surface area contributed by atoms with Crippen molar-refractivity contribution in [3.05, 3.63) is 20.3 Å². The minimum Gasteiger partial charge on any atom is -0.340 e. The summed E-state index contributed by atoms with van der Waals surface area (Å²) in [6.45, 7) is 3.53. The average molecular weight is 328 g/mol. The number of halogens is 2. The van der Waals surface area contributed by atoms with Crippen LogP contribution in [0.4, 0.5) is 0 Å². The van der Waals surface area contributed by atoms with Gasteiger partial charge in [-0.25, -0.2) is 0 Å². The fourth-order valence-electron chi connectivity index (χ4n) is 1.22. The first kappa shape index (κ1) is 15.9. The van der Waals surface area contributed by atoms with E-state index in [2.05, 4.69) is 21.2 Å². The maximum atomic E-state index is 12.0. The fourth-order valence-corrected chi connectivity index (χ4v) is 2.98. The maximum Gasteiger partial charge on any atom is 0.255 e. The fraction of sp³-hybridized carbons (Fsp3) is 0.500. The summed E-state index contributed by atoms with van der Waals surface area (Å²) in [7, 11) is 3.70. The van der Waals surface area contributed by atoms with Gasteiger partial charge in [0.05, 0.1) is 9.35 Å². The summed E-state index contributed by atoms with van der Waals surface area (Å²) in [6, 6.07) is 1.92. The Balaban J connectivity index is 0.00000225. The molecule has 0 atom stereocenters. The molecular formula is C10H16BrClN2OS. The molecule has 0 spiro atoms. The van der Waals surface area contributed by atoms with Crippen LogP contribution in [0.15, 0.2) is 9.85 Å². The molecule has 0 radical (unpaired) electrons. The molecule has 1 N–H and O–H groups in total. The molecule has 0 fully saturated rings. The summed E-state index contributed by atoms with van der Waals surface area (Å²) in [4.78, 5) is 14.8. The van der Waals surface area contributed by atoms with E-state index in [9.17, 15) is 4.79 Å². The summed E-state index contributed by atoms with van der Waals surface area (Å²) in [6.07, 6.45) is 0. The number of hydrogen-bond acceptors (Lipinski definition) is 3. The number of nitrogens with one attached hydrogen (secondary N) is 1. The van der Waals surface area contributed by atoms with Crippen molar-refractivity contribution in [1.29, 1.82) is 0 Å². The largest absolute Gasteiger partial charge is 0.340 e. The van der Waals surface area contributed by atoms with Gasteiger partial charge in [-0.2, -0.15) is 0 Å². The molecule has 0 saturated heterocycles. The summed E-state index contributed by atoms with van der Waals surface area (Å²) in [5, 5.41) is 3.02.